The number of carbonyl (C=O) groups excluding carboxylic acids is 1. The monoisotopic (exact) mass is 398 g/mol. The molecular weight excluding hydrogens is 376 g/mol. The van der Waals surface area contributed by atoms with Crippen molar-refractivity contribution in [2.75, 3.05) is 7.11 Å². The van der Waals surface area contributed by atoms with E-state index in [-0.39, 0.29) is 18.0 Å². The molecule has 1 N–H and O–H groups in total. The van der Waals surface area contributed by atoms with Crippen molar-refractivity contribution in [3.05, 3.63) is 95.8 Å². The zero-order valence-corrected chi connectivity index (χ0v) is 16.7. The molecule has 5 heteroatoms. The number of rotatable bonds is 7. The number of ketones is 1. The van der Waals surface area contributed by atoms with Gasteiger partial charge in [-0.1, -0.05) is 54.6 Å². The molecule has 0 amide bonds. The lowest BCUT2D eigenvalue weighted by Gasteiger charge is -2.08. The number of carbonyl (C=O) groups is 1. The number of para-hydroxylation sites is 1. The molecule has 0 radical (unpaired) electrons. The van der Waals surface area contributed by atoms with Crippen molar-refractivity contribution in [1.29, 1.82) is 0 Å². The number of phenols is 1. The Balaban J connectivity index is 1.55. The summed E-state index contributed by atoms with van der Waals surface area (Å²) in [6.07, 6.45) is 5.33. The molecule has 0 bridgehead atoms. The van der Waals surface area contributed by atoms with Crippen LogP contribution in [0.4, 0.5) is 0 Å². The molecule has 0 saturated carbocycles. The van der Waals surface area contributed by atoms with E-state index in [0.717, 1.165) is 22.2 Å². The van der Waals surface area contributed by atoms with Crippen LogP contribution in [0.5, 0.6) is 11.5 Å². The van der Waals surface area contributed by atoms with E-state index in [0.29, 0.717) is 12.3 Å². The highest BCUT2D eigenvalue weighted by atomic mass is 16.5. The smallest absolute Gasteiger partial charge is 0.160 e. The van der Waals surface area contributed by atoms with Crippen molar-refractivity contribution in [3.63, 3.8) is 0 Å². The predicted octanol–water partition coefficient (Wildman–Crippen LogP) is 4.62. The molecule has 4 rings (SSSR count). The number of ether oxygens (including phenoxy) is 1. The number of phenolic OH excluding ortho intramolecular Hbond substituents is 1. The standard InChI is InChI=1S/C25H22N2O3/c1-30-24-13-11-18(14-23(24)29)10-12-21(28)15-20-8-5-9-22-25(20)27(17-26-22)16-19-6-3-2-4-7-19/h2-14,17,29H,15-16H2,1H3/b12-10+. The first-order valence-electron chi connectivity index (χ1n) is 9.68. The van der Waals surface area contributed by atoms with Crippen LogP contribution in [-0.4, -0.2) is 27.6 Å². The molecule has 0 aliphatic rings. The highest BCUT2D eigenvalue weighted by Crippen LogP contribution is 2.27. The summed E-state index contributed by atoms with van der Waals surface area (Å²) >= 11 is 0. The number of hydrogen-bond acceptors (Lipinski definition) is 4. The van der Waals surface area contributed by atoms with Crippen LogP contribution in [0.15, 0.2) is 79.1 Å². The maximum Gasteiger partial charge on any atom is 0.160 e. The van der Waals surface area contributed by atoms with Gasteiger partial charge in [-0.2, -0.15) is 0 Å². The summed E-state index contributed by atoms with van der Waals surface area (Å²) in [7, 11) is 1.50. The second-order valence-corrected chi connectivity index (χ2v) is 7.05. The summed E-state index contributed by atoms with van der Waals surface area (Å²) in [5.41, 5.74) is 4.70. The molecule has 1 aromatic heterocycles. The number of imidazole rings is 1. The van der Waals surface area contributed by atoms with Gasteiger partial charge in [0.1, 0.15) is 0 Å². The fraction of sp³-hybridized carbons (Fsp3) is 0.120. The Hall–Kier alpha value is -3.86. The van der Waals surface area contributed by atoms with E-state index < -0.39 is 0 Å². The van der Waals surface area contributed by atoms with Crippen molar-refractivity contribution < 1.29 is 14.6 Å². The largest absolute Gasteiger partial charge is 0.504 e. The quantitative estimate of drug-likeness (QED) is 0.461. The van der Waals surface area contributed by atoms with Gasteiger partial charge >= 0.3 is 0 Å². The van der Waals surface area contributed by atoms with Crippen LogP contribution in [0.1, 0.15) is 16.7 Å². The number of aromatic hydroxyl groups is 1. The molecule has 0 saturated heterocycles. The van der Waals surface area contributed by atoms with Crippen LogP contribution in [0.25, 0.3) is 17.1 Å². The highest BCUT2D eigenvalue weighted by molar-refractivity contribution is 5.97. The molecule has 0 atom stereocenters. The average Bonchev–Trinajstić information content (AvgIpc) is 3.17. The van der Waals surface area contributed by atoms with Gasteiger partial charge in [0, 0.05) is 13.0 Å². The number of nitrogens with zero attached hydrogens (tertiary/aromatic N) is 2. The van der Waals surface area contributed by atoms with Crippen molar-refractivity contribution in [2.45, 2.75) is 13.0 Å². The number of methoxy groups -OCH3 is 1. The summed E-state index contributed by atoms with van der Waals surface area (Å²) < 4.78 is 7.12. The first-order chi connectivity index (χ1) is 14.6. The maximum absolute atomic E-state index is 12.6. The first-order valence-corrected chi connectivity index (χ1v) is 9.68. The van der Waals surface area contributed by atoms with Crippen molar-refractivity contribution in [1.82, 2.24) is 9.55 Å². The van der Waals surface area contributed by atoms with E-state index in [2.05, 4.69) is 21.7 Å². The van der Waals surface area contributed by atoms with Gasteiger partial charge in [0.25, 0.3) is 0 Å². The molecule has 150 valence electrons. The van der Waals surface area contributed by atoms with Crippen molar-refractivity contribution >= 4 is 22.9 Å². The summed E-state index contributed by atoms with van der Waals surface area (Å²) in [5.74, 6) is 0.420. The van der Waals surface area contributed by atoms with Gasteiger partial charge < -0.3 is 14.4 Å². The van der Waals surface area contributed by atoms with E-state index >= 15 is 0 Å². The van der Waals surface area contributed by atoms with Crippen molar-refractivity contribution in [2.24, 2.45) is 0 Å². The third-order valence-electron chi connectivity index (χ3n) is 4.95. The van der Waals surface area contributed by atoms with Crippen LogP contribution in [-0.2, 0) is 17.8 Å². The Morgan fingerprint density at radius 1 is 1.10 bits per heavy atom. The molecule has 0 aliphatic carbocycles. The Bertz CT molecular complexity index is 1210. The lowest BCUT2D eigenvalue weighted by atomic mass is 10.1. The maximum atomic E-state index is 12.6. The third kappa shape index (κ3) is 4.25. The van der Waals surface area contributed by atoms with Crippen LogP contribution in [0.3, 0.4) is 0 Å². The van der Waals surface area contributed by atoms with Crippen molar-refractivity contribution in [3.8, 4) is 11.5 Å². The minimum Gasteiger partial charge on any atom is -0.504 e. The van der Waals surface area contributed by atoms with E-state index in [1.165, 1.54) is 18.7 Å². The third-order valence-corrected chi connectivity index (χ3v) is 4.95. The molecule has 0 aliphatic heterocycles. The minimum absolute atomic E-state index is 0.0229. The Labute approximate surface area is 174 Å². The highest BCUT2D eigenvalue weighted by Gasteiger charge is 2.11. The number of hydrogen-bond donors (Lipinski definition) is 1. The van der Waals surface area contributed by atoms with Crippen LogP contribution in [0.2, 0.25) is 0 Å². The molecule has 0 fully saturated rings. The average molecular weight is 398 g/mol. The second-order valence-electron chi connectivity index (χ2n) is 7.05. The van der Waals surface area contributed by atoms with Gasteiger partial charge in [0.15, 0.2) is 17.3 Å². The number of aromatic nitrogens is 2. The van der Waals surface area contributed by atoms with E-state index in [9.17, 15) is 9.90 Å². The van der Waals surface area contributed by atoms with Gasteiger partial charge in [-0.15, -0.1) is 0 Å². The summed E-state index contributed by atoms with van der Waals surface area (Å²) in [6, 6.07) is 21.1. The summed E-state index contributed by atoms with van der Waals surface area (Å²) in [5, 5.41) is 9.88. The lowest BCUT2D eigenvalue weighted by Crippen LogP contribution is -2.04. The van der Waals surface area contributed by atoms with Gasteiger partial charge in [0.2, 0.25) is 0 Å². The number of fused-ring (bicyclic) bond motifs is 1. The fourth-order valence-electron chi connectivity index (χ4n) is 3.49. The Morgan fingerprint density at radius 3 is 2.70 bits per heavy atom. The van der Waals surface area contributed by atoms with Crippen LogP contribution in [0, 0.1) is 0 Å². The SMILES string of the molecule is COc1ccc(/C=C/C(=O)Cc2cccc3ncn(Cc4ccccc4)c23)cc1O. The van der Waals surface area contributed by atoms with Gasteiger partial charge in [-0.3, -0.25) is 4.79 Å². The topological polar surface area (TPSA) is 64.3 Å². The zero-order chi connectivity index (χ0) is 20.9. The molecular formula is C25H22N2O3. The van der Waals surface area contributed by atoms with Crippen LogP contribution < -0.4 is 4.74 Å². The molecule has 5 nitrogen and oxygen atoms in total. The normalized spacial score (nSPS) is 11.2. The number of allylic oxidation sites excluding steroid dienone is 1. The molecule has 0 unspecified atom stereocenters. The van der Waals surface area contributed by atoms with Gasteiger partial charge in [-0.25, -0.2) is 4.98 Å². The molecule has 4 aromatic rings. The summed E-state index contributed by atoms with van der Waals surface area (Å²) in [6.45, 7) is 0.698. The first kappa shape index (κ1) is 19.5. The number of benzene rings is 3. The minimum atomic E-state index is -0.0229. The fourth-order valence-corrected chi connectivity index (χ4v) is 3.49. The van der Waals surface area contributed by atoms with Gasteiger partial charge in [-0.05, 0) is 41.0 Å². The Morgan fingerprint density at radius 2 is 1.93 bits per heavy atom. The Kier molecular flexibility index (Phi) is 5.61. The van der Waals surface area contributed by atoms with Gasteiger partial charge in [0.05, 0.1) is 24.5 Å². The predicted molar refractivity (Wildman–Crippen MR) is 118 cm³/mol. The van der Waals surface area contributed by atoms with E-state index in [1.54, 1.807) is 24.3 Å². The van der Waals surface area contributed by atoms with E-state index in [1.807, 2.05) is 42.7 Å². The lowest BCUT2D eigenvalue weighted by molar-refractivity contribution is -0.113. The molecule has 30 heavy (non-hydrogen) atoms. The zero-order valence-electron chi connectivity index (χ0n) is 16.7. The van der Waals surface area contributed by atoms with Crippen LogP contribution >= 0.6 is 0 Å². The summed E-state index contributed by atoms with van der Waals surface area (Å²) in [4.78, 5) is 17.1. The molecule has 3 aromatic carbocycles. The molecule has 0 spiro atoms. The van der Waals surface area contributed by atoms with E-state index in [4.69, 9.17) is 4.74 Å². The molecule has 1 heterocycles. The second kappa shape index (κ2) is 8.66.